The largest absolute Gasteiger partial charge is 0.344 e. The second kappa shape index (κ2) is 9.79. The molecular formula is C16H25BrN2O3S2. The molecule has 0 heterocycles. The Hall–Kier alpha value is -0.570. The summed E-state index contributed by atoms with van der Waals surface area (Å²) in [5.41, 5.74) is 0. The van der Waals surface area contributed by atoms with Gasteiger partial charge in [-0.2, -0.15) is 12.6 Å². The number of thiol groups is 1. The van der Waals surface area contributed by atoms with Gasteiger partial charge in [0, 0.05) is 42.9 Å². The van der Waals surface area contributed by atoms with Gasteiger partial charge < -0.3 is 4.90 Å². The average Bonchev–Trinajstić information content (AvgIpc) is 2.50. The number of carbonyl (C=O) groups is 1. The summed E-state index contributed by atoms with van der Waals surface area (Å²) in [4.78, 5) is 16.1. The predicted octanol–water partition coefficient (Wildman–Crippen LogP) is 2.32. The molecule has 0 unspecified atom stereocenters. The number of benzene rings is 1. The molecule has 1 rings (SSSR count). The number of nitrogens with zero attached hydrogens (tertiary/aromatic N) is 2. The fourth-order valence-corrected chi connectivity index (χ4v) is 3.94. The summed E-state index contributed by atoms with van der Waals surface area (Å²) < 4.78 is 25.4. The number of hydrogen-bond donors (Lipinski definition) is 1. The summed E-state index contributed by atoms with van der Waals surface area (Å²) in [5.74, 6) is -0.167. The third-order valence-corrected chi connectivity index (χ3v) is 6.10. The van der Waals surface area contributed by atoms with Crippen molar-refractivity contribution in [3.8, 4) is 0 Å². The zero-order valence-electron chi connectivity index (χ0n) is 14.3. The van der Waals surface area contributed by atoms with E-state index < -0.39 is 21.5 Å². The zero-order chi connectivity index (χ0) is 18.3. The molecule has 0 saturated heterocycles. The first-order valence-electron chi connectivity index (χ1n) is 7.74. The van der Waals surface area contributed by atoms with Crippen LogP contribution in [0.25, 0.3) is 0 Å². The van der Waals surface area contributed by atoms with Gasteiger partial charge >= 0.3 is 0 Å². The highest BCUT2D eigenvalue weighted by molar-refractivity contribution is 9.10. The summed E-state index contributed by atoms with van der Waals surface area (Å²) in [6.45, 7) is 6.19. The van der Waals surface area contributed by atoms with E-state index in [0.717, 1.165) is 16.8 Å². The minimum Gasteiger partial charge on any atom is -0.344 e. The monoisotopic (exact) mass is 436 g/mol. The third-order valence-electron chi connectivity index (χ3n) is 3.75. The smallest absolute Gasteiger partial charge is 0.237 e. The van der Waals surface area contributed by atoms with E-state index in [-0.39, 0.29) is 4.90 Å². The van der Waals surface area contributed by atoms with Gasteiger partial charge in [0.2, 0.25) is 5.91 Å². The van der Waals surface area contributed by atoms with E-state index in [9.17, 15) is 13.2 Å². The topological polar surface area (TPSA) is 57.7 Å². The minimum atomic E-state index is -3.62. The van der Waals surface area contributed by atoms with Crippen LogP contribution in [0.4, 0.5) is 0 Å². The average molecular weight is 437 g/mol. The molecule has 0 saturated carbocycles. The summed E-state index contributed by atoms with van der Waals surface area (Å²) in [5, 5.41) is 0. The van der Waals surface area contributed by atoms with Crippen molar-refractivity contribution in [1.82, 2.24) is 9.80 Å². The van der Waals surface area contributed by atoms with Crippen molar-refractivity contribution in [3.05, 3.63) is 28.7 Å². The first kappa shape index (κ1) is 21.5. The van der Waals surface area contributed by atoms with Crippen LogP contribution in [-0.2, 0) is 14.6 Å². The van der Waals surface area contributed by atoms with Gasteiger partial charge in [0.25, 0.3) is 0 Å². The number of carbonyl (C=O) groups excluding carboxylic acids is 1. The van der Waals surface area contributed by atoms with Crippen LogP contribution < -0.4 is 0 Å². The maximum atomic E-state index is 12.3. The Bertz CT molecular complexity index is 633. The SMILES string of the molecule is CC(C)N(CCS)CCN(C)C(=O)CS(=O)(=O)c1ccc(Br)cc1. The van der Waals surface area contributed by atoms with Gasteiger partial charge in [0.15, 0.2) is 9.84 Å². The van der Waals surface area contributed by atoms with Gasteiger partial charge in [-0.05, 0) is 38.1 Å². The Balaban J connectivity index is 2.64. The Kier molecular flexibility index (Phi) is 8.76. The number of likely N-dealkylation sites (N-methyl/N-ethyl adjacent to an activating group) is 1. The number of sulfone groups is 1. The van der Waals surface area contributed by atoms with Crippen molar-refractivity contribution < 1.29 is 13.2 Å². The second-order valence-corrected chi connectivity index (χ2v) is 9.23. The molecule has 0 aromatic heterocycles. The molecule has 0 N–H and O–H groups in total. The van der Waals surface area contributed by atoms with Crippen molar-refractivity contribution in [2.75, 3.05) is 38.2 Å². The van der Waals surface area contributed by atoms with Gasteiger partial charge in [0.1, 0.15) is 5.75 Å². The van der Waals surface area contributed by atoms with Gasteiger partial charge in [-0.25, -0.2) is 8.42 Å². The molecule has 0 aliphatic heterocycles. The number of amides is 1. The lowest BCUT2D eigenvalue weighted by Gasteiger charge is -2.28. The van der Waals surface area contributed by atoms with E-state index in [2.05, 4.69) is 47.3 Å². The number of hydrogen-bond acceptors (Lipinski definition) is 5. The molecule has 136 valence electrons. The van der Waals surface area contributed by atoms with Crippen LogP contribution in [0, 0.1) is 0 Å². The lowest BCUT2D eigenvalue weighted by atomic mass is 10.3. The molecule has 1 aromatic rings. The van der Waals surface area contributed by atoms with E-state index in [0.29, 0.717) is 19.1 Å². The summed E-state index contributed by atoms with van der Waals surface area (Å²) in [6, 6.07) is 6.66. The molecule has 0 radical (unpaired) electrons. The zero-order valence-corrected chi connectivity index (χ0v) is 17.6. The van der Waals surface area contributed by atoms with E-state index in [1.165, 1.54) is 17.0 Å². The molecule has 24 heavy (non-hydrogen) atoms. The van der Waals surface area contributed by atoms with Gasteiger partial charge in [-0.1, -0.05) is 15.9 Å². The Morgan fingerprint density at radius 1 is 1.17 bits per heavy atom. The van der Waals surface area contributed by atoms with E-state index >= 15 is 0 Å². The molecule has 0 bridgehead atoms. The van der Waals surface area contributed by atoms with Crippen molar-refractivity contribution >= 4 is 44.3 Å². The molecule has 0 aliphatic rings. The van der Waals surface area contributed by atoms with Crippen LogP contribution >= 0.6 is 28.6 Å². The normalized spacial score (nSPS) is 12.0. The first-order chi connectivity index (χ1) is 11.2. The van der Waals surface area contributed by atoms with Gasteiger partial charge in [0.05, 0.1) is 4.90 Å². The van der Waals surface area contributed by atoms with Crippen molar-refractivity contribution in [1.29, 1.82) is 0 Å². The van der Waals surface area contributed by atoms with Gasteiger partial charge in [-0.3, -0.25) is 9.69 Å². The summed E-state index contributed by atoms with van der Waals surface area (Å²) in [6.07, 6.45) is 0. The molecule has 1 aromatic carbocycles. The lowest BCUT2D eigenvalue weighted by Crippen LogP contribution is -2.41. The fourth-order valence-electron chi connectivity index (χ4n) is 2.16. The van der Waals surface area contributed by atoms with Crippen molar-refractivity contribution in [3.63, 3.8) is 0 Å². The quantitative estimate of drug-likeness (QED) is 0.603. The second-order valence-electron chi connectivity index (χ2n) is 5.88. The highest BCUT2D eigenvalue weighted by Crippen LogP contribution is 2.16. The predicted molar refractivity (Wildman–Crippen MR) is 104 cm³/mol. The highest BCUT2D eigenvalue weighted by Gasteiger charge is 2.22. The molecule has 0 spiro atoms. The van der Waals surface area contributed by atoms with Crippen LogP contribution in [0.3, 0.4) is 0 Å². The van der Waals surface area contributed by atoms with Crippen LogP contribution in [0.5, 0.6) is 0 Å². The van der Waals surface area contributed by atoms with Crippen LogP contribution in [0.15, 0.2) is 33.6 Å². The van der Waals surface area contributed by atoms with Crippen molar-refractivity contribution in [2.24, 2.45) is 0 Å². The van der Waals surface area contributed by atoms with E-state index in [4.69, 9.17) is 0 Å². The third kappa shape index (κ3) is 6.74. The molecule has 8 heteroatoms. The number of halogens is 1. The Morgan fingerprint density at radius 2 is 1.75 bits per heavy atom. The first-order valence-corrected chi connectivity index (χ1v) is 10.8. The van der Waals surface area contributed by atoms with Gasteiger partial charge in [-0.15, -0.1) is 0 Å². The standard InChI is InChI=1S/C16H25BrN2O3S2/c1-13(2)19(10-11-23)9-8-18(3)16(20)12-24(21,22)15-6-4-14(17)5-7-15/h4-7,13,23H,8-12H2,1-3H3. The fraction of sp³-hybridized carbons (Fsp3) is 0.562. The maximum absolute atomic E-state index is 12.3. The molecule has 0 fully saturated rings. The van der Waals surface area contributed by atoms with E-state index in [1.54, 1.807) is 19.2 Å². The Morgan fingerprint density at radius 3 is 2.25 bits per heavy atom. The minimum absolute atomic E-state index is 0.159. The van der Waals surface area contributed by atoms with Crippen LogP contribution in [-0.4, -0.2) is 68.4 Å². The van der Waals surface area contributed by atoms with Crippen LogP contribution in [0.1, 0.15) is 13.8 Å². The summed E-state index contributed by atoms with van der Waals surface area (Å²) >= 11 is 7.50. The van der Waals surface area contributed by atoms with Crippen molar-refractivity contribution in [2.45, 2.75) is 24.8 Å². The molecule has 1 amide bonds. The molecule has 5 nitrogen and oxygen atoms in total. The lowest BCUT2D eigenvalue weighted by molar-refractivity contribution is -0.127. The molecular weight excluding hydrogens is 412 g/mol. The highest BCUT2D eigenvalue weighted by atomic mass is 79.9. The maximum Gasteiger partial charge on any atom is 0.237 e. The van der Waals surface area contributed by atoms with Crippen LogP contribution in [0.2, 0.25) is 0 Å². The molecule has 0 aliphatic carbocycles. The molecule has 0 atom stereocenters. The van der Waals surface area contributed by atoms with E-state index in [1.807, 2.05) is 0 Å². The number of rotatable bonds is 9. The summed E-state index contributed by atoms with van der Waals surface area (Å²) in [7, 11) is -1.99. The Labute approximate surface area is 158 Å².